The monoisotopic (exact) mass is 843 g/mol. The molecule has 0 aliphatic heterocycles. The maximum atomic E-state index is 14.5. The second-order valence-electron chi connectivity index (χ2n) is 15.5. The predicted molar refractivity (Wildman–Crippen MR) is 238 cm³/mol. The van der Waals surface area contributed by atoms with Gasteiger partial charge in [-0.15, -0.1) is 0 Å². The summed E-state index contributed by atoms with van der Waals surface area (Å²) < 4.78 is 44.2. The van der Waals surface area contributed by atoms with Crippen LogP contribution in [0.5, 0.6) is 0 Å². The third-order valence-corrected chi connectivity index (χ3v) is 12.7. The lowest BCUT2D eigenvalue weighted by Crippen LogP contribution is -2.27. The number of amides is 1. The van der Waals surface area contributed by atoms with Gasteiger partial charge < -0.3 is 14.8 Å². The minimum Gasteiger partial charge on any atom is -0.381 e. The summed E-state index contributed by atoms with van der Waals surface area (Å²) in [5.74, 6) is -0.996. The first-order chi connectivity index (χ1) is 30.0. The second kappa shape index (κ2) is 14.1. The quantitative estimate of drug-likeness (QED) is 0.0421. The number of nitrogens with zero attached hydrogens (tertiary/aromatic N) is 4. The Balaban J connectivity index is 1.03. The molecule has 62 heavy (non-hydrogen) atoms. The summed E-state index contributed by atoms with van der Waals surface area (Å²) >= 11 is 0. The van der Waals surface area contributed by atoms with Gasteiger partial charge in [0.25, 0.3) is 27.1 Å². The zero-order chi connectivity index (χ0) is 42.6. The van der Waals surface area contributed by atoms with Crippen molar-refractivity contribution in [3.63, 3.8) is 0 Å². The molecule has 11 rings (SSSR count). The van der Waals surface area contributed by atoms with E-state index in [2.05, 4.69) is 5.32 Å². The molecule has 7 aromatic carbocycles. The molecule has 15 heteroatoms. The molecule has 0 aliphatic carbocycles. The van der Waals surface area contributed by atoms with E-state index in [1.165, 1.54) is 0 Å². The van der Waals surface area contributed by atoms with E-state index in [1.54, 1.807) is 45.2 Å². The molecular weight excluding hydrogens is 811 g/mol. The number of hydrogen-bond donors (Lipinski definition) is 2. The zero-order valence-corrected chi connectivity index (χ0v) is 33.5. The van der Waals surface area contributed by atoms with Crippen molar-refractivity contribution < 1.29 is 32.0 Å². The molecule has 2 radical (unpaired) electrons. The van der Waals surface area contributed by atoms with Gasteiger partial charge in [-0.3, -0.25) is 32.5 Å². The topological polar surface area (TPSA) is 188 Å². The summed E-state index contributed by atoms with van der Waals surface area (Å²) in [5, 5.41) is 12.4. The molecule has 0 saturated heterocycles. The Kier molecular flexibility index (Phi) is 8.63. The molecule has 0 bridgehead atoms. The number of carbonyl (C=O) groups is 2. The van der Waals surface area contributed by atoms with Gasteiger partial charge in [0.2, 0.25) is 0 Å². The molecule has 2 N–H and O–H groups in total. The largest absolute Gasteiger partial charge is 0.381 e. The number of benzene rings is 7. The van der Waals surface area contributed by atoms with Crippen LogP contribution in [0.2, 0.25) is 0 Å². The lowest BCUT2D eigenvalue weighted by Gasteiger charge is -2.18. The highest BCUT2D eigenvalue weighted by molar-refractivity contribution is 7.85. The number of nitrogens with one attached hydrogen (secondary N) is 1. The van der Waals surface area contributed by atoms with Crippen molar-refractivity contribution in [1.29, 1.82) is 0 Å². The van der Waals surface area contributed by atoms with E-state index in [0.717, 1.165) is 53.9 Å². The van der Waals surface area contributed by atoms with Gasteiger partial charge in [-0.2, -0.15) is 8.42 Å². The Labute approximate surface area is 350 Å². The smallest absolute Gasteiger partial charge is 0.267 e. The van der Waals surface area contributed by atoms with Crippen molar-refractivity contribution in [1.82, 2.24) is 24.1 Å². The van der Waals surface area contributed by atoms with Crippen LogP contribution >= 0.6 is 0 Å². The van der Waals surface area contributed by atoms with Crippen LogP contribution in [0.25, 0.3) is 98.0 Å². The SMILES string of the molecule is [CH]COCCCC(=O)c1ccc2nc3c4ccc5c6ccc7c8c(ccc(c9ccc(c(=O)n3c2c1)c4c95)c68)c(=O)n1c2ccc(C(=O)NCCOCCS(=O)(=O)O)cc2nc71. The summed E-state index contributed by atoms with van der Waals surface area (Å²) in [6.45, 7) is 5.84. The number of ketones is 1. The Morgan fingerprint density at radius 1 is 0.629 bits per heavy atom. The number of ether oxygens (including phenoxy) is 2. The fraction of sp³-hybridized carbons (Fsp3) is 0.170. The molecule has 4 heterocycles. The molecule has 14 nitrogen and oxygen atoms in total. The van der Waals surface area contributed by atoms with Gasteiger partial charge in [0.1, 0.15) is 11.3 Å². The summed E-state index contributed by atoms with van der Waals surface area (Å²) in [4.78, 5) is 64.9. The molecule has 0 fully saturated rings. The van der Waals surface area contributed by atoms with Gasteiger partial charge in [0.05, 0.1) is 47.6 Å². The number of hydrogen-bond acceptors (Lipinski definition) is 10. The number of pyridine rings is 2. The van der Waals surface area contributed by atoms with Crippen molar-refractivity contribution in [2.24, 2.45) is 0 Å². The lowest BCUT2D eigenvalue weighted by atomic mass is 9.86. The standard InChI is InChI=1S/C47H33N5O9S/c1-2-60-18-3-4-38(53)24-5-15-34-37(23-24)52-43(49-34)30-11-7-26-27-8-12-31-42-32(13-9-28(40(27)42)29-10-14-33(47(52)56)41(30)39(26)29)46(55)51-36-16-6-25(22-35(36)50-44(31)51)45(54)48-17-19-61-20-21-62(57,58)59/h1,5-16,22-23H,2-4,17-21H2,(H,48,54)(H,57,58,59). The van der Waals surface area contributed by atoms with Gasteiger partial charge in [-0.1, -0.05) is 24.3 Å². The summed E-state index contributed by atoms with van der Waals surface area (Å²) in [6, 6.07) is 25.9. The van der Waals surface area contributed by atoms with Crippen molar-refractivity contribution in [2.45, 2.75) is 12.8 Å². The minimum atomic E-state index is -4.14. The van der Waals surface area contributed by atoms with Crippen LogP contribution in [0.1, 0.15) is 33.6 Å². The summed E-state index contributed by atoms with van der Waals surface area (Å²) in [7, 11) is -4.14. The summed E-state index contributed by atoms with van der Waals surface area (Å²) in [6.07, 6.45) is 0.818. The van der Waals surface area contributed by atoms with E-state index in [1.807, 2.05) is 48.5 Å². The fourth-order valence-electron chi connectivity index (χ4n) is 9.27. The first-order valence-corrected chi connectivity index (χ1v) is 21.6. The number of imidazole rings is 2. The van der Waals surface area contributed by atoms with Crippen molar-refractivity contribution in [3.05, 3.63) is 124 Å². The minimum absolute atomic E-state index is 0.0458. The average Bonchev–Trinajstić information content (AvgIpc) is 3.85. The zero-order valence-electron chi connectivity index (χ0n) is 32.7. The summed E-state index contributed by atoms with van der Waals surface area (Å²) in [5.41, 5.74) is 3.47. The number of rotatable bonds is 13. The van der Waals surface area contributed by atoms with Crippen molar-refractivity contribution in [2.75, 3.05) is 38.7 Å². The van der Waals surface area contributed by atoms with Gasteiger partial charge in [-0.05, 0) is 106 Å². The third kappa shape index (κ3) is 5.69. The van der Waals surface area contributed by atoms with Crippen molar-refractivity contribution >= 4 is 120 Å². The fourth-order valence-corrected chi connectivity index (χ4v) is 9.60. The van der Waals surface area contributed by atoms with Crippen LogP contribution in [-0.4, -0.2) is 82.2 Å². The molecule has 1 amide bonds. The van der Waals surface area contributed by atoms with Gasteiger partial charge in [0.15, 0.2) is 5.78 Å². The van der Waals surface area contributed by atoms with Gasteiger partial charge >= 0.3 is 0 Å². The van der Waals surface area contributed by atoms with E-state index in [-0.39, 0.29) is 49.7 Å². The highest BCUT2D eigenvalue weighted by Crippen LogP contribution is 2.45. The highest BCUT2D eigenvalue weighted by Gasteiger charge is 2.25. The number of Topliss-reactive ketones (excluding diaryl/α,β-unsaturated/α-hetero) is 1. The average molecular weight is 844 g/mol. The van der Waals surface area contributed by atoms with Crippen LogP contribution in [0, 0.1) is 6.92 Å². The van der Waals surface area contributed by atoms with Crippen LogP contribution in [0.3, 0.4) is 0 Å². The van der Waals surface area contributed by atoms with Crippen LogP contribution < -0.4 is 16.4 Å². The molecule has 0 spiro atoms. The van der Waals surface area contributed by atoms with Crippen LogP contribution in [-0.2, 0) is 19.6 Å². The van der Waals surface area contributed by atoms with Gasteiger partial charge in [-0.25, -0.2) is 9.97 Å². The third-order valence-electron chi connectivity index (χ3n) is 12.0. The van der Waals surface area contributed by atoms with E-state index in [4.69, 9.17) is 30.9 Å². The maximum absolute atomic E-state index is 14.5. The normalized spacial score (nSPS) is 12.7. The highest BCUT2D eigenvalue weighted by atomic mass is 32.2. The first-order valence-electron chi connectivity index (χ1n) is 20.0. The maximum Gasteiger partial charge on any atom is 0.267 e. The molecule has 4 aromatic heterocycles. The van der Waals surface area contributed by atoms with Crippen molar-refractivity contribution in [3.8, 4) is 0 Å². The molecule has 306 valence electrons. The molecule has 0 saturated carbocycles. The molecule has 0 unspecified atom stereocenters. The van der Waals surface area contributed by atoms with Gasteiger partial charge in [0, 0.05) is 63.0 Å². The molecule has 0 aliphatic rings. The molecule has 0 atom stereocenters. The first kappa shape index (κ1) is 38.0. The lowest BCUT2D eigenvalue weighted by molar-refractivity contribution is 0.0921. The van der Waals surface area contributed by atoms with E-state index in [9.17, 15) is 27.6 Å². The second-order valence-corrected chi connectivity index (χ2v) is 17.0. The van der Waals surface area contributed by atoms with Crippen LogP contribution in [0.15, 0.2) is 94.5 Å². The predicted octanol–water partition coefficient (Wildman–Crippen LogP) is 6.57. The Hall–Kier alpha value is -6.91. The molecular formula is C47H33N5O9S. The number of aromatic nitrogens is 4. The Bertz CT molecular complexity index is 3920. The van der Waals surface area contributed by atoms with Crippen LogP contribution in [0.4, 0.5) is 0 Å². The molecule has 11 aromatic rings. The van der Waals surface area contributed by atoms with E-state index >= 15 is 0 Å². The number of fused-ring (bicyclic) bond motifs is 10. The van der Waals surface area contributed by atoms with E-state index in [0.29, 0.717) is 68.3 Å². The number of carbonyl (C=O) groups excluding carboxylic acids is 2. The Morgan fingerprint density at radius 2 is 1.18 bits per heavy atom. The van der Waals surface area contributed by atoms with E-state index < -0.39 is 21.8 Å². The Morgan fingerprint density at radius 3 is 1.79 bits per heavy atom.